The minimum atomic E-state index is -2.50. The SMILES string of the molecule is CNc1ncnc2c1ncn2[C@@H]1O[C@H](CO[P+](=O)N[C@@H](C)C(=O)OC(C)C)[C@@H](O)[C@@]1(C)F.Oc1ccccc1. The van der Waals surface area contributed by atoms with E-state index in [0.717, 1.165) is 0 Å². The van der Waals surface area contributed by atoms with Gasteiger partial charge in [0.1, 0.15) is 42.5 Å². The van der Waals surface area contributed by atoms with E-state index in [0.29, 0.717) is 22.7 Å². The molecule has 15 heteroatoms. The van der Waals surface area contributed by atoms with Crippen LogP contribution >= 0.6 is 8.18 Å². The second-order valence-corrected chi connectivity index (χ2v) is 10.2. The summed E-state index contributed by atoms with van der Waals surface area (Å²) in [5.41, 5.74) is -1.49. The number of imidazole rings is 1. The lowest BCUT2D eigenvalue weighted by molar-refractivity contribution is -0.149. The maximum atomic E-state index is 15.5. The van der Waals surface area contributed by atoms with Crippen LogP contribution in [0.25, 0.3) is 11.2 Å². The molecule has 1 unspecified atom stereocenters. The number of hydrogen-bond acceptors (Lipinski definition) is 11. The van der Waals surface area contributed by atoms with Crippen LogP contribution in [0.1, 0.15) is 33.9 Å². The molecule has 0 aliphatic carbocycles. The second kappa shape index (κ2) is 13.2. The summed E-state index contributed by atoms with van der Waals surface area (Å²) in [6, 6.07) is 7.83. The minimum absolute atomic E-state index is 0.317. The van der Waals surface area contributed by atoms with E-state index in [1.54, 1.807) is 45.2 Å². The van der Waals surface area contributed by atoms with Gasteiger partial charge in [-0.25, -0.2) is 19.3 Å². The molecule has 39 heavy (non-hydrogen) atoms. The van der Waals surface area contributed by atoms with E-state index in [1.807, 2.05) is 6.07 Å². The van der Waals surface area contributed by atoms with Crippen molar-refractivity contribution in [3.63, 3.8) is 0 Å². The summed E-state index contributed by atoms with van der Waals surface area (Å²) in [5, 5.41) is 24.5. The lowest BCUT2D eigenvalue weighted by Gasteiger charge is -2.24. The number of aliphatic hydroxyl groups excluding tert-OH is 1. The number of alkyl halides is 1. The molecule has 1 saturated heterocycles. The van der Waals surface area contributed by atoms with Crippen molar-refractivity contribution in [3.05, 3.63) is 43.0 Å². The molecule has 0 bridgehead atoms. The van der Waals surface area contributed by atoms with Gasteiger partial charge in [-0.3, -0.25) is 9.36 Å². The smallest absolute Gasteiger partial charge is 0.508 e. The maximum absolute atomic E-state index is 15.5. The lowest BCUT2D eigenvalue weighted by atomic mass is 9.98. The summed E-state index contributed by atoms with van der Waals surface area (Å²) < 4.78 is 44.9. The van der Waals surface area contributed by atoms with E-state index in [1.165, 1.54) is 31.1 Å². The molecule has 3 aromatic rings. The number of ether oxygens (including phenoxy) is 2. The van der Waals surface area contributed by atoms with Crippen molar-refractivity contribution < 1.29 is 38.0 Å². The third kappa shape index (κ3) is 7.43. The number of halogens is 1. The van der Waals surface area contributed by atoms with E-state index < -0.39 is 44.3 Å². The molecule has 0 amide bonds. The van der Waals surface area contributed by atoms with Crippen LogP contribution in [-0.4, -0.2) is 79.4 Å². The van der Waals surface area contributed by atoms with Crippen LogP contribution in [0.15, 0.2) is 43.0 Å². The van der Waals surface area contributed by atoms with Crippen molar-refractivity contribution in [2.75, 3.05) is 19.0 Å². The highest BCUT2D eigenvalue weighted by atomic mass is 31.1. The number of nitrogens with one attached hydrogen (secondary N) is 2. The third-order valence-electron chi connectivity index (χ3n) is 5.68. The second-order valence-electron chi connectivity index (χ2n) is 9.14. The van der Waals surface area contributed by atoms with Crippen molar-refractivity contribution in [1.29, 1.82) is 0 Å². The van der Waals surface area contributed by atoms with Crippen LogP contribution in [0.2, 0.25) is 0 Å². The van der Waals surface area contributed by atoms with Gasteiger partial charge in [0, 0.05) is 7.05 Å². The Bertz CT molecular complexity index is 1260. The molecule has 13 nitrogen and oxygen atoms in total. The van der Waals surface area contributed by atoms with Crippen LogP contribution in [0.4, 0.5) is 10.2 Å². The predicted octanol–water partition coefficient (Wildman–Crippen LogP) is 2.85. The van der Waals surface area contributed by atoms with Crippen LogP contribution < -0.4 is 10.4 Å². The van der Waals surface area contributed by atoms with Gasteiger partial charge in [0.15, 0.2) is 23.4 Å². The van der Waals surface area contributed by atoms with Gasteiger partial charge in [0.25, 0.3) is 0 Å². The first kappa shape index (κ1) is 30.3. The molecular formula is C24H33FN6O7P+. The average Bonchev–Trinajstić information content (AvgIpc) is 3.41. The number of carbonyl (C=O) groups is 1. The number of phenolic OH excluding ortho intramolecular Hbond substituents is 1. The molecule has 6 atom stereocenters. The molecule has 212 valence electrons. The van der Waals surface area contributed by atoms with Gasteiger partial charge >= 0.3 is 14.1 Å². The quantitative estimate of drug-likeness (QED) is 0.221. The number of para-hydroxylation sites is 1. The van der Waals surface area contributed by atoms with E-state index >= 15 is 4.39 Å². The van der Waals surface area contributed by atoms with Crippen molar-refractivity contribution in [2.45, 2.75) is 63.9 Å². The fourth-order valence-corrected chi connectivity index (χ4v) is 4.49. The Morgan fingerprint density at radius 1 is 1.26 bits per heavy atom. The Balaban J connectivity index is 0.000000520. The molecule has 1 aliphatic heterocycles. The first-order chi connectivity index (χ1) is 18.4. The fraction of sp³-hybridized carbons (Fsp3) is 0.500. The Morgan fingerprint density at radius 3 is 2.54 bits per heavy atom. The Hall–Kier alpha value is -3.29. The largest absolute Gasteiger partial charge is 0.613 e. The molecule has 1 aromatic carbocycles. The number of carbonyl (C=O) groups excluding carboxylic acids is 1. The van der Waals surface area contributed by atoms with E-state index in [-0.39, 0.29) is 12.7 Å². The molecule has 3 heterocycles. The van der Waals surface area contributed by atoms with Crippen molar-refractivity contribution in [2.24, 2.45) is 0 Å². The van der Waals surface area contributed by atoms with Gasteiger partial charge < -0.3 is 25.0 Å². The van der Waals surface area contributed by atoms with Crippen molar-refractivity contribution in [1.82, 2.24) is 24.6 Å². The first-order valence-electron chi connectivity index (χ1n) is 12.1. The minimum Gasteiger partial charge on any atom is -0.508 e. The van der Waals surface area contributed by atoms with Gasteiger partial charge in [0.2, 0.25) is 0 Å². The van der Waals surface area contributed by atoms with Gasteiger partial charge in [-0.2, -0.15) is 0 Å². The standard InChI is InChI=1S/C18H27FN6O6P.C6H6O/c1-9(2)30-16(27)10(3)24-32(28)29-6-11-13(26)18(4,19)17(31-11)25-8-23-12-14(20-5)21-7-22-15(12)25;7-6-4-2-1-3-5-6/h7-11,13,17,26H,6H2,1-5H3,(H,24,28)(H,20,21,22);1-5,7H/q+1;/t10-,11+,13+,17+,18+;/m0./s1. The fourth-order valence-electron chi connectivity index (χ4n) is 3.71. The zero-order valence-electron chi connectivity index (χ0n) is 22.2. The summed E-state index contributed by atoms with van der Waals surface area (Å²) in [5.74, 6) is 0.193. The molecule has 0 radical (unpaired) electrons. The van der Waals surface area contributed by atoms with Crippen LogP contribution in [0, 0.1) is 0 Å². The lowest BCUT2D eigenvalue weighted by Crippen LogP contribution is -2.40. The monoisotopic (exact) mass is 567 g/mol. The summed E-state index contributed by atoms with van der Waals surface area (Å²) in [6.07, 6.45) is -1.64. The van der Waals surface area contributed by atoms with Gasteiger partial charge in [-0.05, 0) is 44.4 Å². The third-order valence-corrected chi connectivity index (χ3v) is 6.66. The molecule has 1 fully saturated rings. The number of aromatic nitrogens is 4. The van der Waals surface area contributed by atoms with E-state index in [4.69, 9.17) is 19.1 Å². The Morgan fingerprint density at radius 2 is 1.95 bits per heavy atom. The molecule has 4 rings (SSSR count). The predicted molar refractivity (Wildman–Crippen MR) is 140 cm³/mol. The summed E-state index contributed by atoms with van der Waals surface area (Å²) in [6.45, 7) is 5.67. The number of aliphatic hydroxyl groups is 1. The molecule has 4 N–H and O–H groups in total. The summed E-state index contributed by atoms with van der Waals surface area (Å²) >= 11 is 0. The number of phenols is 1. The zero-order valence-corrected chi connectivity index (χ0v) is 23.1. The van der Waals surface area contributed by atoms with Crippen molar-refractivity contribution >= 4 is 31.1 Å². The number of rotatable bonds is 9. The number of hydrogen-bond donors (Lipinski definition) is 4. The van der Waals surface area contributed by atoms with Crippen LogP contribution in [0.3, 0.4) is 0 Å². The number of esters is 1. The van der Waals surface area contributed by atoms with Crippen LogP contribution in [-0.2, 0) is 23.4 Å². The molecule has 0 spiro atoms. The summed E-state index contributed by atoms with van der Waals surface area (Å²) in [4.78, 5) is 24.2. The number of nitrogens with zero attached hydrogens (tertiary/aromatic N) is 4. The first-order valence-corrected chi connectivity index (χ1v) is 13.3. The number of aromatic hydroxyl groups is 1. The maximum Gasteiger partial charge on any atom is 0.613 e. The Labute approximate surface area is 225 Å². The average molecular weight is 568 g/mol. The van der Waals surface area contributed by atoms with E-state index in [2.05, 4.69) is 25.4 Å². The zero-order chi connectivity index (χ0) is 28.7. The highest BCUT2D eigenvalue weighted by Gasteiger charge is 2.56. The number of benzene rings is 1. The highest BCUT2D eigenvalue weighted by molar-refractivity contribution is 7.36. The normalized spacial score (nSPS) is 23.7. The number of anilines is 1. The summed E-state index contributed by atoms with van der Waals surface area (Å²) in [7, 11) is -0.832. The van der Waals surface area contributed by atoms with Gasteiger partial charge in [-0.1, -0.05) is 23.3 Å². The highest BCUT2D eigenvalue weighted by Crippen LogP contribution is 2.43. The molecule has 1 aliphatic rings. The molecular weight excluding hydrogens is 534 g/mol. The number of fused-ring (bicyclic) bond motifs is 1. The molecule has 2 aromatic heterocycles. The van der Waals surface area contributed by atoms with E-state index in [9.17, 15) is 14.5 Å². The Kier molecular flexibility index (Phi) is 10.2. The van der Waals surface area contributed by atoms with Crippen LogP contribution in [0.5, 0.6) is 5.75 Å². The van der Waals surface area contributed by atoms with Crippen molar-refractivity contribution in [3.8, 4) is 5.75 Å². The van der Waals surface area contributed by atoms with Gasteiger partial charge in [-0.15, -0.1) is 4.52 Å². The topological polar surface area (TPSA) is 170 Å². The van der Waals surface area contributed by atoms with Gasteiger partial charge in [0.05, 0.1) is 12.4 Å². The molecule has 0 saturated carbocycles.